The molecule has 4 aliphatic carbocycles. The lowest BCUT2D eigenvalue weighted by molar-refractivity contribution is -0.131. The molecule has 0 bridgehead atoms. The molecule has 0 heterocycles. The van der Waals surface area contributed by atoms with Crippen molar-refractivity contribution >= 4 is 5.78 Å². The molecule has 5 unspecified atom stereocenters. The van der Waals surface area contributed by atoms with Crippen LogP contribution in [0.4, 0.5) is 0 Å². The molecule has 2 nitrogen and oxygen atoms in total. The number of ether oxygens (including phenoxy) is 1. The average molecular weight is 314 g/mol. The van der Waals surface area contributed by atoms with E-state index >= 15 is 0 Å². The minimum Gasteiger partial charge on any atom is -0.501 e. The number of hydrogen-bond donors (Lipinski definition) is 0. The average Bonchev–Trinajstić information content (AvgIpc) is 2.83. The molecule has 2 fully saturated rings. The Bertz CT molecular complexity index is 613. The summed E-state index contributed by atoms with van der Waals surface area (Å²) in [5, 5.41) is 0. The van der Waals surface area contributed by atoms with Crippen molar-refractivity contribution in [3.05, 3.63) is 23.0 Å². The van der Waals surface area contributed by atoms with E-state index in [4.69, 9.17) is 4.74 Å². The molecule has 4 rings (SSSR count). The first-order valence-electron chi connectivity index (χ1n) is 9.38. The molecule has 2 saturated carbocycles. The van der Waals surface area contributed by atoms with Gasteiger partial charge in [0.05, 0.1) is 12.9 Å². The monoisotopic (exact) mass is 314 g/mol. The summed E-state index contributed by atoms with van der Waals surface area (Å²) in [6.45, 7) is 7.08. The Morgan fingerprint density at radius 3 is 2.57 bits per heavy atom. The molecule has 0 aliphatic heterocycles. The summed E-state index contributed by atoms with van der Waals surface area (Å²) in [6.07, 6.45) is 10.1. The van der Waals surface area contributed by atoms with Gasteiger partial charge in [-0.2, -0.15) is 0 Å². The van der Waals surface area contributed by atoms with Gasteiger partial charge in [-0.1, -0.05) is 19.4 Å². The Labute approximate surface area is 140 Å². The third-order valence-electron chi connectivity index (χ3n) is 8.04. The van der Waals surface area contributed by atoms with Crippen LogP contribution in [0.1, 0.15) is 65.7 Å². The van der Waals surface area contributed by atoms with Crippen LogP contribution >= 0.6 is 0 Å². The van der Waals surface area contributed by atoms with Crippen LogP contribution in [0.15, 0.2) is 23.0 Å². The van der Waals surface area contributed by atoms with Gasteiger partial charge in [-0.3, -0.25) is 4.79 Å². The zero-order chi connectivity index (χ0) is 16.4. The molecule has 5 atom stereocenters. The van der Waals surface area contributed by atoms with Crippen molar-refractivity contribution in [1.82, 2.24) is 0 Å². The van der Waals surface area contributed by atoms with E-state index in [2.05, 4.69) is 26.8 Å². The van der Waals surface area contributed by atoms with E-state index in [0.29, 0.717) is 23.0 Å². The van der Waals surface area contributed by atoms with Gasteiger partial charge < -0.3 is 4.74 Å². The zero-order valence-corrected chi connectivity index (χ0v) is 15.1. The molecule has 2 heteroatoms. The predicted octanol–water partition coefficient (Wildman–Crippen LogP) is 5.05. The highest BCUT2D eigenvalue weighted by Crippen LogP contribution is 2.64. The van der Waals surface area contributed by atoms with Crippen LogP contribution in [0.2, 0.25) is 0 Å². The third-order valence-corrected chi connectivity index (χ3v) is 8.04. The molecule has 0 aromatic heterocycles. The second-order valence-electron chi connectivity index (χ2n) is 8.93. The van der Waals surface area contributed by atoms with Crippen LogP contribution in [-0.2, 0) is 9.53 Å². The number of Topliss-reactive ketones (excluding diaryl/α,β-unsaturated/α-hetero) is 1. The van der Waals surface area contributed by atoms with E-state index in [9.17, 15) is 4.79 Å². The van der Waals surface area contributed by atoms with Gasteiger partial charge in [0.1, 0.15) is 5.78 Å². The highest BCUT2D eigenvalue weighted by atomic mass is 16.5. The topological polar surface area (TPSA) is 26.3 Å². The molecule has 0 amide bonds. The Morgan fingerprint density at radius 2 is 1.83 bits per heavy atom. The van der Waals surface area contributed by atoms with E-state index in [1.807, 2.05) is 0 Å². The molecule has 0 aromatic rings. The van der Waals surface area contributed by atoms with E-state index in [-0.39, 0.29) is 5.41 Å². The van der Waals surface area contributed by atoms with E-state index in [1.54, 1.807) is 18.3 Å². The first-order valence-corrected chi connectivity index (χ1v) is 9.38. The number of ketones is 1. The fourth-order valence-corrected chi connectivity index (χ4v) is 6.67. The molecule has 23 heavy (non-hydrogen) atoms. The van der Waals surface area contributed by atoms with Gasteiger partial charge in [-0.25, -0.2) is 0 Å². The Balaban J connectivity index is 1.76. The molecule has 4 aliphatic rings. The smallest absolute Gasteiger partial charge is 0.139 e. The summed E-state index contributed by atoms with van der Waals surface area (Å²) in [6, 6.07) is 0. The Kier molecular flexibility index (Phi) is 3.35. The number of carbonyl (C=O) groups is 1. The van der Waals surface area contributed by atoms with Crippen LogP contribution in [0.25, 0.3) is 0 Å². The van der Waals surface area contributed by atoms with Gasteiger partial charge >= 0.3 is 0 Å². The van der Waals surface area contributed by atoms with Gasteiger partial charge in [0.25, 0.3) is 0 Å². The van der Waals surface area contributed by atoms with Crippen molar-refractivity contribution in [2.24, 2.45) is 28.6 Å². The van der Waals surface area contributed by atoms with Crippen molar-refractivity contribution in [1.29, 1.82) is 0 Å². The van der Waals surface area contributed by atoms with Crippen LogP contribution < -0.4 is 0 Å². The summed E-state index contributed by atoms with van der Waals surface area (Å²) in [5.41, 5.74) is 3.38. The Hall–Kier alpha value is -1.05. The number of methoxy groups -OCH3 is 1. The lowest BCUT2D eigenvalue weighted by atomic mass is 9.48. The zero-order valence-electron chi connectivity index (χ0n) is 15.1. The molecular formula is C21H30O2. The van der Waals surface area contributed by atoms with Crippen LogP contribution in [-0.4, -0.2) is 12.9 Å². The van der Waals surface area contributed by atoms with Crippen molar-refractivity contribution in [2.45, 2.75) is 65.7 Å². The predicted molar refractivity (Wildman–Crippen MR) is 91.8 cm³/mol. The summed E-state index contributed by atoms with van der Waals surface area (Å²) in [5.74, 6) is 3.77. The highest BCUT2D eigenvalue weighted by Gasteiger charge is 2.58. The molecule has 0 spiro atoms. The maximum atomic E-state index is 12.5. The number of hydrogen-bond acceptors (Lipinski definition) is 2. The van der Waals surface area contributed by atoms with Gasteiger partial charge in [-0.05, 0) is 73.8 Å². The summed E-state index contributed by atoms with van der Waals surface area (Å²) < 4.78 is 5.55. The minimum atomic E-state index is -0.0164. The van der Waals surface area contributed by atoms with E-state index < -0.39 is 0 Å². The summed E-state index contributed by atoms with van der Waals surface area (Å²) in [4.78, 5) is 12.5. The fraction of sp³-hybridized carbons (Fsp3) is 0.762. The van der Waals surface area contributed by atoms with Crippen molar-refractivity contribution < 1.29 is 9.53 Å². The van der Waals surface area contributed by atoms with Crippen molar-refractivity contribution in [3.63, 3.8) is 0 Å². The maximum Gasteiger partial charge on any atom is 0.139 e. The third kappa shape index (κ3) is 1.96. The molecule has 0 aromatic carbocycles. The van der Waals surface area contributed by atoms with E-state index in [0.717, 1.165) is 37.4 Å². The standard InChI is InChI=1S/C21H30O2/c1-13-11-15-16-5-6-19(22)21(16,3)10-8-17(15)20(2)9-7-14(23-4)12-18(13)20/h12,15-17H,5-11H2,1-4H3. The highest BCUT2D eigenvalue weighted by molar-refractivity contribution is 5.87. The van der Waals surface area contributed by atoms with Crippen LogP contribution in [0, 0.1) is 28.6 Å². The number of allylic oxidation sites excluding steroid dienone is 4. The molecule has 0 radical (unpaired) electrons. The maximum absolute atomic E-state index is 12.5. The van der Waals surface area contributed by atoms with Gasteiger partial charge in [0.15, 0.2) is 0 Å². The van der Waals surface area contributed by atoms with Crippen molar-refractivity contribution in [2.75, 3.05) is 7.11 Å². The molecule has 0 N–H and O–H groups in total. The fourth-order valence-electron chi connectivity index (χ4n) is 6.67. The normalized spacial score (nSPS) is 46.0. The first-order chi connectivity index (χ1) is 10.9. The van der Waals surface area contributed by atoms with Crippen LogP contribution in [0.3, 0.4) is 0 Å². The van der Waals surface area contributed by atoms with Crippen molar-refractivity contribution in [3.8, 4) is 0 Å². The minimum absolute atomic E-state index is 0.0164. The number of carbonyl (C=O) groups excluding carboxylic acids is 1. The number of rotatable bonds is 1. The molecular weight excluding hydrogens is 284 g/mol. The Morgan fingerprint density at radius 1 is 1.09 bits per heavy atom. The second-order valence-corrected chi connectivity index (χ2v) is 8.93. The lowest BCUT2D eigenvalue weighted by Gasteiger charge is -2.56. The largest absolute Gasteiger partial charge is 0.501 e. The summed E-state index contributed by atoms with van der Waals surface area (Å²) >= 11 is 0. The lowest BCUT2D eigenvalue weighted by Crippen LogP contribution is -2.50. The molecule has 126 valence electrons. The van der Waals surface area contributed by atoms with Gasteiger partial charge in [-0.15, -0.1) is 0 Å². The first kappa shape index (κ1) is 15.5. The van der Waals surface area contributed by atoms with Crippen LogP contribution in [0.5, 0.6) is 0 Å². The quantitative estimate of drug-likeness (QED) is 0.677. The van der Waals surface area contributed by atoms with Gasteiger partial charge in [0.2, 0.25) is 0 Å². The number of fused-ring (bicyclic) bond motifs is 5. The van der Waals surface area contributed by atoms with Gasteiger partial charge in [0, 0.05) is 18.3 Å². The SMILES string of the molecule is COC1=CC2=C(C)CC3C4CCC(=O)C4(C)CCC3C2(C)CC1. The molecule has 0 saturated heterocycles. The second kappa shape index (κ2) is 4.97. The van der Waals surface area contributed by atoms with E-state index in [1.165, 1.54) is 19.3 Å². The summed E-state index contributed by atoms with van der Waals surface area (Å²) in [7, 11) is 1.80.